The Morgan fingerprint density at radius 1 is 1.05 bits per heavy atom. The molecule has 0 aromatic heterocycles. The fourth-order valence-electron chi connectivity index (χ4n) is 2.94. The number of hydrogen-bond acceptors (Lipinski definition) is 2. The lowest BCUT2D eigenvalue weighted by Crippen LogP contribution is -2.52. The summed E-state index contributed by atoms with van der Waals surface area (Å²) in [5, 5.41) is 3.33. The molecule has 0 radical (unpaired) electrons. The van der Waals surface area contributed by atoms with Gasteiger partial charge in [0.1, 0.15) is 0 Å². The maximum atomic E-state index is 12.1. The second-order valence-electron chi connectivity index (χ2n) is 6.22. The second kappa shape index (κ2) is 11.1. The van der Waals surface area contributed by atoms with Crippen molar-refractivity contribution in [2.75, 3.05) is 19.6 Å². The molecule has 20 heavy (non-hydrogen) atoms. The molecule has 1 saturated heterocycles. The molecule has 118 valence electrons. The van der Waals surface area contributed by atoms with Crippen LogP contribution in [0, 0.1) is 0 Å². The lowest BCUT2D eigenvalue weighted by molar-refractivity contribution is -0.134. The number of amides is 1. The number of piperazine rings is 1. The number of nitrogens with zero attached hydrogens (tertiary/aromatic N) is 1. The lowest BCUT2D eigenvalue weighted by atomic mass is 10.1. The van der Waals surface area contributed by atoms with Crippen molar-refractivity contribution in [1.82, 2.24) is 10.2 Å². The van der Waals surface area contributed by atoms with Gasteiger partial charge in [0.25, 0.3) is 0 Å². The summed E-state index contributed by atoms with van der Waals surface area (Å²) in [6, 6.07) is 0.370. The molecule has 1 amide bonds. The number of hydrogen-bond donors (Lipinski definition) is 1. The van der Waals surface area contributed by atoms with Crippen LogP contribution in [0.5, 0.6) is 0 Å². The van der Waals surface area contributed by atoms with Gasteiger partial charge >= 0.3 is 0 Å². The Hall–Kier alpha value is -0.570. The molecule has 1 fully saturated rings. The number of nitrogens with one attached hydrogen (secondary N) is 1. The Balaban J connectivity index is 1.94. The minimum Gasteiger partial charge on any atom is -0.337 e. The molecule has 1 N–H and O–H groups in total. The average Bonchev–Trinajstić information content (AvgIpc) is 2.46. The molecule has 0 bridgehead atoms. The number of rotatable bonds is 10. The molecule has 3 heteroatoms. The fraction of sp³-hybridized carbons (Fsp3) is 0.941. The van der Waals surface area contributed by atoms with Crippen molar-refractivity contribution >= 4 is 5.91 Å². The van der Waals surface area contributed by atoms with Gasteiger partial charge in [-0.25, -0.2) is 0 Å². The molecule has 0 aromatic rings. The molecule has 0 aromatic carbocycles. The lowest BCUT2D eigenvalue weighted by Gasteiger charge is -2.34. The van der Waals surface area contributed by atoms with Crippen LogP contribution in [-0.4, -0.2) is 36.5 Å². The van der Waals surface area contributed by atoms with E-state index in [1.54, 1.807) is 0 Å². The molecule has 1 rings (SSSR count). The molecule has 1 aliphatic rings. The van der Waals surface area contributed by atoms with Crippen LogP contribution in [0.3, 0.4) is 0 Å². The Morgan fingerprint density at radius 3 is 2.25 bits per heavy atom. The van der Waals surface area contributed by atoms with Crippen LogP contribution in [0.15, 0.2) is 0 Å². The molecule has 1 heterocycles. The zero-order valence-electron chi connectivity index (χ0n) is 13.6. The van der Waals surface area contributed by atoms with Crippen LogP contribution < -0.4 is 5.32 Å². The summed E-state index contributed by atoms with van der Waals surface area (Å²) in [4.78, 5) is 14.2. The highest BCUT2D eigenvalue weighted by molar-refractivity contribution is 5.76. The summed E-state index contributed by atoms with van der Waals surface area (Å²) in [6.07, 6.45) is 12.6. The SMILES string of the molecule is CCCCCCCCCCCC(=O)N1CCNC[C@@H]1C. The van der Waals surface area contributed by atoms with E-state index in [0.29, 0.717) is 11.9 Å². The number of carbonyl (C=O) groups is 1. The highest BCUT2D eigenvalue weighted by Gasteiger charge is 2.21. The minimum atomic E-state index is 0.363. The molecule has 0 unspecified atom stereocenters. The van der Waals surface area contributed by atoms with Gasteiger partial charge in [0.05, 0.1) is 0 Å². The summed E-state index contributed by atoms with van der Waals surface area (Å²) < 4.78 is 0. The van der Waals surface area contributed by atoms with Crippen LogP contribution in [-0.2, 0) is 4.79 Å². The summed E-state index contributed by atoms with van der Waals surface area (Å²) in [7, 11) is 0. The van der Waals surface area contributed by atoms with E-state index in [2.05, 4.69) is 24.1 Å². The van der Waals surface area contributed by atoms with Gasteiger partial charge in [-0.2, -0.15) is 0 Å². The molecular formula is C17H34N2O. The predicted molar refractivity (Wildman–Crippen MR) is 85.9 cm³/mol. The van der Waals surface area contributed by atoms with Gasteiger partial charge in [-0.1, -0.05) is 58.3 Å². The van der Waals surface area contributed by atoms with Crippen LogP contribution in [0.1, 0.15) is 78.1 Å². The maximum absolute atomic E-state index is 12.1. The van der Waals surface area contributed by atoms with Crippen molar-refractivity contribution in [2.45, 2.75) is 84.1 Å². The number of unbranched alkanes of at least 4 members (excludes halogenated alkanes) is 8. The standard InChI is InChI=1S/C17H34N2O/c1-3-4-5-6-7-8-9-10-11-12-17(20)19-14-13-18-15-16(19)2/h16,18H,3-15H2,1-2H3/t16-/m0/s1. The molecule has 1 atom stereocenters. The van der Waals surface area contributed by atoms with Crippen LogP contribution >= 0.6 is 0 Å². The Labute approximate surface area is 125 Å². The first kappa shape index (κ1) is 17.5. The highest BCUT2D eigenvalue weighted by Crippen LogP contribution is 2.12. The molecule has 0 aliphatic carbocycles. The Kier molecular flexibility index (Phi) is 9.73. The summed E-state index contributed by atoms with van der Waals surface area (Å²) >= 11 is 0. The molecule has 0 spiro atoms. The van der Waals surface area contributed by atoms with Gasteiger partial charge in [0.2, 0.25) is 5.91 Å². The van der Waals surface area contributed by atoms with Gasteiger partial charge in [0.15, 0.2) is 0 Å². The zero-order chi connectivity index (χ0) is 14.6. The third kappa shape index (κ3) is 7.28. The van der Waals surface area contributed by atoms with Gasteiger partial charge in [-0.15, -0.1) is 0 Å². The highest BCUT2D eigenvalue weighted by atomic mass is 16.2. The van der Waals surface area contributed by atoms with Crippen molar-refractivity contribution in [3.63, 3.8) is 0 Å². The first-order valence-electron chi connectivity index (χ1n) is 8.76. The quantitative estimate of drug-likeness (QED) is 0.619. The number of carbonyl (C=O) groups excluding carboxylic acids is 1. The third-order valence-electron chi connectivity index (χ3n) is 4.32. The first-order valence-corrected chi connectivity index (χ1v) is 8.76. The predicted octanol–water partition coefficient (Wildman–Crippen LogP) is 3.73. The van der Waals surface area contributed by atoms with Gasteiger partial charge in [0, 0.05) is 32.1 Å². The van der Waals surface area contributed by atoms with E-state index in [1.807, 2.05) is 0 Å². The van der Waals surface area contributed by atoms with Crippen LogP contribution in [0.2, 0.25) is 0 Å². The summed E-state index contributed by atoms with van der Waals surface area (Å²) in [6.45, 7) is 7.19. The van der Waals surface area contributed by atoms with Crippen molar-refractivity contribution in [3.05, 3.63) is 0 Å². The molecule has 0 saturated carbocycles. The second-order valence-corrected chi connectivity index (χ2v) is 6.22. The first-order chi connectivity index (χ1) is 9.75. The topological polar surface area (TPSA) is 32.3 Å². The van der Waals surface area contributed by atoms with Gasteiger partial charge in [-0.3, -0.25) is 4.79 Å². The van der Waals surface area contributed by atoms with E-state index in [-0.39, 0.29) is 0 Å². The van der Waals surface area contributed by atoms with E-state index in [4.69, 9.17) is 0 Å². The average molecular weight is 282 g/mol. The molecular weight excluding hydrogens is 248 g/mol. The van der Waals surface area contributed by atoms with E-state index in [1.165, 1.54) is 51.4 Å². The fourth-order valence-corrected chi connectivity index (χ4v) is 2.94. The van der Waals surface area contributed by atoms with Crippen molar-refractivity contribution < 1.29 is 4.79 Å². The van der Waals surface area contributed by atoms with Crippen molar-refractivity contribution in [2.24, 2.45) is 0 Å². The van der Waals surface area contributed by atoms with E-state index >= 15 is 0 Å². The van der Waals surface area contributed by atoms with Crippen molar-refractivity contribution in [3.8, 4) is 0 Å². The Bertz CT molecular complexity index is 255. The van der Waals surface area contributed by atoms with Gasteiger partial charge < -0.3 is 10.2 Å². The zero-order valence-corrected chi connectivity index (χ0v) is 13.6. The van der Waals surface area contributed by atoms with Gasteiger partial charge in [-0.05, 0) is 13.3 Å². The maximum Gasteiger partial charge on any atom is 0.222 e. The normalized spacial score (nSPS) is 19.3. The van der Waals surface area contributed by atoms with E-state index in [9.17, 15) is 4.79 Å². The third-order valence-corrected chi connectivity index (χ3v) is 4.32. The largest absolute Gasteiger partial charge is 0.337 e. The molecule has 3 nitrogen and oxygen atoms in total. The van der Waals surface area contributed by atoms with E-state index in [0.717, 1.165) is 32.5 Å². The smallest absolute Gasteiger partial charge is 0.222 e. The van der Waals surface area contributed by atoms with Crippen LogP contribution in [0.25, 0.3) is 0 Å². The van der Waals surface area contributed by atoms with Crippen LogP contribution in [0.4, 0.5) is 0 Å². The summed E-state index contributed by atoms with van der Waals surface area (Å²) in [5.41, 5.74) is 0. The Morgan fingerprint density at radius 2 is 1.65 bits per heavy atom. The van der Waals surface area contributed by atoms with E-state index < -0.39 is 0 Å². The summed E-state index contributed by atoms with van der Waals surface area (Å²) in [5.74, 6) is 0.363. The van der Waals surface area contributed by atoms with Crippen molar-refractivity contribution in [1.29, 1.82) is 0 Å². The monoisotopic (exact) mass is 282 g/mol. The minimum absolute atomic E-state index is 0.363. The molecule has 1 aliphatic heterocycles.